The number of aryl methyl sites for hydroxylation is 1. The smallest absolute Gasteiger partial charge is 0.104 e. The average Bonchev–Trinajstić information content (AvgIpc) is 2.54. The lowest BCUT2D eigenvalue weighted by Gasteiger charge is -2.32. The first-order valence-electron chi connectivity index (χ1n) is 9.06. The van der Waals surface area contributed by atoms with Crippen LogP contribution in [0.3, 0.4) is 0 Å². The zero-order valence-corrected chi connectivity index (χ0v) is 15.9. The molecule has 1 unspecified atom stereocenters. The predicted molar refractivity (Wildman–Crippen MR) is 104 cm³/mol. The Kier molecular flexibility index (Phi) is 6.20. The molecule has 0 aliphatic heterocycles. The summed E-state index contributed by atoms with van der Waals surface area (Å²) in [6.45, 7) is 8.58. The Labute approximate surface area is 147 Å². The summed E-state index contributed by atoms with van der Waals surface area (Å²) in [6.07, 6.45) is 1.07. The maximum absolute atomic E-state index is 6.47. The molecule has 2 aromatic rings. The van der Waals surface area contributed by atoms with Gasteiger partial charge in [0.05, 0.1) is 26.7 Å². The summed E-state index contributed by atoms with van der Waals surface area (Å²) in [5.74, 6) is 0.584. The van der Waals surface area contributed by atoms with E-state index in [1.54, 1.807) is 0 Å². The van der Waals surface area contributed by atoms with E-state index in [1.807, 2.05) is 0 Å². The van der Waals surface area contributed by atoms with Crippen LogP contribution >= 0.6 is 0 Å². The van der Waals surface area contributed by atoms with E-state index < -0.39 is 0 Å². The van der Waals surface area contributed by atoms with Gasteiger partial charge in [-0.05, 0) is 29.0 Å². The lowest BCUT2D eigenvalue weighted by Crippen LogP contribution is -2.44. The minimum absolute atomic E-state index is 0.0702. The van der Waals surface area contributed by atoms with E-state index in [9.17, 15) is 0 Å². The highest BCUT2D eigenvalue weighted by Crippen LogP contribution is 2.20. The van der Waals surface area contributed by atoms with Crippen molar-refractivity contribution in [1.29, 1.82) is 0 Å². The first-order chi connectivity index (χ1) is 11.3. The molecule has 0 aromatic heterocycles. The summed E-state index contributed by atoms with van der Waals surface area (Å²) in [5.41, 5.74) is 11.8. The quantitative estimate of drug-likeness (QED) is 0.737. The number of hydrogen-bond donors (Lipinski definition) is 1. The van der Waals surface area contributed by atoms with E-state index in [1.165, 1.54) is 22.3 Å². The summed E-state index contributed by atoms with van der Waals surface area (Å²) < 4.78 is 0.887. The van der Waals surface area contributed by atoms with Gasteiger partial charge in [-0.2, -0.15) is 0 Å². The summed E-state index contributed by atoms with van der Waals surface area (Å²) in [4.78, 5) is 0. The average molecular weight is 326 g/mol. The van der Waals surface area contributed by atoms with Crippen molar-refractivity contribution in [2.24, 2.45) is 5.73 Å². The van der Waals surface area contributed by atoms with E-state index >= 15 is 0 Å². The van der Waals surface area contributed by atoms with Crippen molar-refractivity contribution in [3.63, 3.8) is 0 Å². The van der Waals surface area contributed by atoms with Gasteiger partial charge >= 0.3 is 0 Å². The van der Waals surface area contributed by atoms with Crippen molar-refractivity contribution in [3.05, 3.63) is 70.8 Å². The molecule has 0 heterocycles. The van der Waals surface area contributed by atoms with Crippen molar-refractivity contribution in [1.82, 2.24) is 0 Å². The Hall–Kier alpha value is -1.64. The lowest BCUT2D eigenvalue weighted by atomic mass is 10.0. The summed E-state index contributed by atoms with van der Waals surface area (Å²) in [5, 5.41) is 0. The number of nitrogens with two attached hydrogens (primary N) is 1. The number of hydrogen-bond acceptors (Lipinski definition) is 1. The van der Waals surface area contributed by atoms with Crippen LogP contribution in [0, 0.1) is 0 Å². The van der Waals surface area contributed by atoms with E-state index in [-0.39, 0.29) is 6.04 Å². The molecule has 0 radical (unpaired) electrons. The predicted octanol–water partition coefficient (Wildman–Crippen LogP) is 4.65. The fraction of sp³-hybridized carbons (Fsp3) is 0.455. The van der Waals surface area contributed by atoms with Crippen molar-refractivity contribution < 1.29 is 4.48 Å². The molecule has 2 aromatic carbocycles. The molecule has 0 aliphatic rings. The SMILES string of the molecule is CCc1ccc(C(N)C[N+](C)(C)Cc2ccc(C(C)C)cc2)cc1. The standard InChI is InChI=1S/C22H33N2/c1-6-18-7-13-21(14-8-18)22(23)16-24(4,5)15-19-9-11-20(12-10-19)17(2)3/h7-14,17,22H,6,15-16,23H2,1-5H3/q+1. The maximum Gasteiger partial charge on any atom is 0.104 e. The molecular weight excluding hydrogens is 292 g/mol. The third-order valence-electron chi connectivity index (χ3n) is 4.76. The molecule has 0 saturated carbocycles. The largest absolute Gasteiger partial charge is 0.323 e. The van der Waals surface area contributed by atoms with E-state index in [4.69, 9.17) is 5.73 Å². The van der Waals surface area contributed by atoms with Gasteiger partial charge in [-0.25, -0.2) is 0 Å². The zero-order valence-electron chi connectivity index (χ0n) is 15.9. The molecule has 0 amide bonds. The molecule has 0 aliphatic carbocycles. The van der Waals surface area contributed by atoms with E-state index in [0.717, 1.165) is 24.0 Å². The highest BCUT2D eigenvalue weighted by molar-refractivity contribution is 5.25. The summed E-state index contributed by atoms with van der Waals surface area (Å²) >= 11 is 0. The van der Waals surface area contributed by atoms with Crippen molar-refractivity contribution in [2.45, 2.75) is 45.7 Å². The molecule has 0 spiro atoms. The molecule has 2 N–H and O–H groups in total. The summed E-state index contributed by atoms with van der Waals surface area (Å²) in [7, 11) is 4.52. The third-order valence-corrected chi connectivity index (χ3v) is 4.76. The maximum atomic E-state index is 6.47. The van der Waals surface area contributed by atoms with Crippen LogP contribution in [0.2, 0.25) is 0 Å². The molecule has 0 saturated heterocycles. The Bertz CT molecular complexity index is 624. The monoisotopic (exact) mass is 325 g/mol. The number of benzene rings is 2. The second-order valence-electron chi connectivity index (χ2n) is 7.87. The second kappa shape index (κ2) is 7.96. The molecule has 1 atom stereocenters. The van der Waals surface area contributed by atoms with E-state index in [0.29, 0.717) is 5.92 Å². The molecule has 24 heavy (non-hydrogen) atoms. The van der Waals surface area contributed by atoms with Gasteiger partial charge in [-0.3, -0.25) is 0 Å². The van der Waals surface area contributed by atoms with Gasteiger partial charge < -0.3 is 10.2 Å². The van der Waals surface area contributed by atoms with Crippen LogP contribution in [0.5, 0.6) is 0 Å². The third kappa shape index (κ3) is 5.19. The fourth-order valence-corrected chi connectivity index (χ4v) is 3.21. The molecule has 0 bridgehead atoms. The van der Waals surface area contributed by atoms with Gasteiger partial charge in [0.25, 0.3) is 0 Å². The first kappa shape index (κ1) is 18.7. The molecule has 2 nitrogen and oxygen atoms in total. The van der Waals surface area contributed by atoms with Gasteiger partial charge in [0, 0.05) is 5.56 Å². The van der Waals surface area contributed by atoms with Crippen LogP contribution in [-0.4, -0.2) is 25.1 Å². The number of nitrogens with zero attached hydrogens (tertiary/aromatic N) is 1. The van der Waals surface area contributed by atoms with Crippen LogP contribution < -0.4 is 5.73 Å². The Morgan fingerprint density at radius 3 is 1.83 bits per heavy atom. The number of rotatable bonds is 7. The van der Waals surface area contributed by atoms with Crippen LogP contribution in [0.4, 0.5) is 0 Å². The highest BCUT2D eigenvalue weighted by Gasteiger charge is 2.21. The number of quaternary nitrogens is 1. The highest BCUT2D eigenvalue weighted by atomic mass is 15.3. The molecular formula is C22H33N2+. The fourth-order valence-electron chi connectivity index (χ4n) is 3.21. The van der Waals surface area contributed by atoms with Gasteiger partial charge in [0.2, 0.25) is 0 Å². The minimum Gasteiger partial charge on any atom is -0.323 e. The topological polar surface area (TPSA) is 26.0 Å². The zero-order chi connectivity index (χ0) is 17.7. The lowest BCUT2D eigenvalue weighted by molar-refractivity contribution is -0.905. The van der Waals surface area contributed by atoms with Crippen LogP contribution in [0.25, 0.3) is 0 Å². The van der Waals surface area contributed by atoms with Gasteiger partial charge in [0.15, 0.2) is 0 Å². The second-order valence-corrected chi connectivity index (χ2v) is 7.87. The first-order valence-corrected chi connectivity index (χ1v) is 9.06. The van der Waals surface area contributed by atoms with Crippen LogP contribution in [0.15, 0.2) is 48.5 Å². The van der Waals surface area contributed by atoms with Gasteiger partial charge in [-0.1, -0.05) is 69.3 Å². The molecule has 2 rings (SSSR count). The van der Waals surface area contributed by atoms with Gasteiger partial charge in [-0.15, -0.1) is 0 Å². The summed E-state index contributed by atoms with van der Waals surface area (Å²) in [6, 6.07) is 17.9. The molecule has 130 valence electrons. The van der Waals surface area contributed by atoms with Crippen molar-refractivity contribution in [2.75, 3.05) is 20.6 Å². The van der Waals surface area contributed by atoms with Crippen molar-refractivity contribution >= 4 is 0 Å². The van der Waals surface area contributed by atoms with Crippen molar-refractivity contribution in [3.8, 4) is 0 Å². The van der Waals surface area contributed by atoms with Gasteiger partial charge in [0.1, 0.15) is 6.54 Å². The normalized spacial score (nSPS) is 13.3. The Balaban J connectivity index is 2.00. The molecule has 0 fully saturated rings. The van der Waals surface area contributed by atoms with E-state index in [2.05, 4.69) is 83.4 Å². The Morgan fingerprint density at radius 1 is 0.833 bits per heavy atom. The number of likely N-dealkylation sites (N-methyl/N-ethyl adjacent to an activating group) is 1. The minimum atomic E-state index is 0.0702. The Morgan fingerprint density at radius 2 is 1.33 bits per heavy atom. The van der Waals surface area contributed by atoms with Crippen LogP contribution in [0.1, 0.15) is 55.0 Å². The van der Waals surface area contributed by atoms with Crippen LogP contribution in [-0.2, 0) is 13.0 Å². The molecule has 2 heteroatoms.